The number of aromatic nitrogens is 4. The Bertz CT molecular complexity index is 847. The first kappa shape index (κ1) is 14.3. The number of H-pyrrole nitrogens is 1. The Morgan fingerprint density at radius 2 is 2.00 bits per heavy atom. The highest BCUT2D eigenvalue weighted by Crippen LogP contribution is 2.21. The number of aromatic amines is 1. The molecule has 0 radical (unpaired) electrons. The quantitative estimate of drug-likeness (QED) is 0.803. The van der Waals surface area contributed by atoms with Gasteiger partial charge < -0.3 is 4.74 Å². The minimum absolute atomic E-state index is 0.171. The van der Waals surface area contributed by atoms with Gasteiger partial charge in [-0.05, 0) is 30.2 Å². The summed E-state index contributed by atoms with van der Waals surface area (Å²) in [6.45, 7) is 4.73. The second-order valence-corrected chi connectivity index (χ2v) is 5.59. The van der Waals surface area contributed by atoms with Crippen LogP contribution >= 0.6 is 0 Å². The summed E-state index contributed by atoms with van der Waals surface area (Å²) in [6.07, 6.45) is 1.67. The molecule has 0 spiro atoms. The van der Waals surface area contributed by atoms with Gasteiger partial charge in [0.05, 0.1) is 19.0 Å². The van der Waals surface area contributed by atoms with Crippen molar-refractivity contribution in [1.82, 2.24) is 19.5 Å². The Balaban J connectivity index is 2.09. The van der Waals surface area contributed by atoms with Crippen LogP contribution in [0.5, 0.6) is 5.75 Å². The van der Waals surface area contributed by atoms with Crippen molar-refractivity contribution in [3.63, 3.8) is 0 Å². The van der Waals surface area contributed by atoms with Crippen LogP contribution in [0.1, 0.15) is 13.8 Å². The molecule has 0 amide bonds. The van der Waals surface area contributed by atoms with Gasteiger partial charge >= 0.3 is 5.69 Å². The van der Waals surface area contributed by atoms with E-state index in [1.54, 1.807) is 17.9 Å². The largest absolute Gasteiger partial charge is 0.497 e. The van der Waals surface area contributed by atoms with Crippen molar-refractivity contribution in [3.05, 3.63) is 40.9 Å². The minimum atomic E-state index is -0.171. The monoisotopic (exact) mass is 298 g/mol. The number of nitrogens with zero attached hydrogens (tertiary/aromatic N) is 3. The first-order chi connectivity index (χ1) is 10.6. The number of benzene rings is 1. The minimum Gasteiger partial charge on any atom is -0.497 e. The molecule has 0 saturated carbocycles. The Morgan fingerprint density at radius 3 is 2.64 bits per heavy atom. The lowest BCUT2D eigenvalue weighted by atomic mass is 10.1. The van der Waals surface area contributed by atoms with Crippen LogP contribution in [0.3, 0.4) is 0 Å². The molecule has 6 nitrogen and oxygen atoms in total. The van der Waals surface area contributed by atoms with Crippen LogP contribution in [0.15, 0.2) is 35.3 Å². The molecule has 0 aliphatic carbocycles. The fraction of sp³-hybridized carbons (Fsp3) is 0.312. The van der Waals surface area contributed by atoms with Crippen LogP contribution in [-0.2, 0) is 6.54 Å². The van der Waals surface area contributed by atoms with Crippen LogP contribution < -0.4 is 10.4 Å². The van der Waals surface area contributed by atoms with Crippen molar-refractivity contribution in [2.75, 3.05) is 7.11 Å². The third-order valence-corrected chi connectivity index (χ3v) is 3.41. The lowest BCUT2D eigenvalue weighted by molar-refractivity contribution is 0.415. The first-order valence-electron chi connectivity index (χ1n) is 7.18. The van der Waals surface area contributed by atoms with E-state index in [1.165, 1.54) is 0 Å². The Morgan fingerprint density at radius 1 is 1.27 bits per heavy atom. The fourth-order valence-corrected chi connectivity index (χ4v) is 2.36. The first-order valence-corrected chi connectivity index (χ1v) is 7.18. The van der Waals surface area contributed by atoms with Crippen LogP contribution in [0.4, 0.5) is 0 Å². The third kappa shape index (κ3) is 2.59. The van der Waals surface area contributed by atoms with E-state index >= 15 is 0 Å². The summed E-state index contributed by atoms with van der Waals surface area (Å²) in [5.41, 5.74) is 2.59. The molecule has 0 bridgehead atoms. The lowest BCUT2D eigenvalue weighted by Gasteiger charge is -2.07. The van der Waals surface area contributed by atoms with Gasteiger partial charge in [0, 0.05) is 12.1 Å². The van der Waals surface area contributed by atoms with E-state index in [2.05, 4.69) is 28.8 Å². The molecule has 0 aliphatic heterocycles. The van der Waals surface area contributed by atoms with E-state index in [9.17, 15) is 4.79 Å². The van der Waals surface area contributed by atoms with Gasteiger partial charge in [-0.25, -0.2) is 14.8 Å². The van der Waals surface area contributed by atoms with E-state index < -0.39 is 0 Å². The SMILES string of the molecule is COc1ccc(-c2cnc3[nH]c(=O)n(CC(C)C)c3n2)cc1. The summed E-state index contributed by atoms with van der Waals surface area (Å²) < 4.78 is 6.79. The van der Waals surface area contributed by atoms with Crippen molar-refractivity contribution in [2.45, 2.75) is 20.4 Å². The summed E-state index contributed by atoms with van der Waals surface area (Å²) in [5.74, 6) is 1.14. The van der Waals surface area contributed by atoms with Gasteiger partial charge in [0.15, 0.2) is 11.3 Å². The van der Waals surface area contributed by atoms with Crippen molar-refractivity contribution in [2.24, 2.45) is 5.92 Å². The zero-order valence-corrected chi connectivity index (χ0v) is 12.8. The van der Waals surface area contributed by atoms with Gasteiger partial charge in [0.1, 0.15) is 5.75 Å². The molecular formula is C16H18N4O2. The standard InChI is InChI=1S/C16H18N4O2/c1-10(2)9-20-15-14(19-16(20)21)17-8-13(18-15)11-4-6-12(22-3)7-5-11/h4-8,10H,9H2,1-3H3,(H,17,19,21). The van der Waals surface area contributed by atoms with Gasteiger partial charge in [-0.15, -0.1) is 0 Å². The summed E-state index contributed by atoms with van der Waals surface area (Å²) in [6, 6.07) is 7.59. The Labute approximate surface area is 127 Å². The molecule has 114 valence electrons. The molecule has 6 heteroatoms. The number of hydrogen-bond acceptors (Lipinski definition) is 4. The zero-order chi connectivity index (χ0) is 15.7. The number of hydrogen-bond donors (Lipinski definition) is 1. The highest BCUT2D eigenvalue weighted by atomic mass is 16.5. The summed E-state index contributed by atoms with van der Waals surface area (Å²) in [7, 11) is 1.63. The predicted octanol–water partition coefficient (Wildman–Crippen LogP) is 2.45. The van der Waals surface area contributed by atoms with Crippen LogP contribution in [-0.4, -0.2) is 26.6 Å². The van der Waals surface area contributed by atoms with Gasteiger partial charge in [0.25, 0.3) is 0 Å². The molecule has 0 fully saturated rings. The molecule has 2 heterocycles. The number of rotatable bonds is 4. The molecule has 22 heavy (non-hydrogen) atoms. The molecule has 0 aliphatic rings. The lowest BCUT2D eigenvalue weighted by Crippen LogP contribution is -2.19. The normalized spacial score (nSPS) is 11.3. The predicted molar refractivity (Wildman–Crippen MR) is 85.0 cm³/mol. The number of imidazole rings is 1. The van der Waals surface area contributed by atoms with Crippen molar-refractivity contribution in [3.8, 4) is 17.0 Å². The highest BCUT2D eigenvalue weighted by Gasteiger charge is 2.12. The van der Waals surface area contributed by atoms with Crippen LogP contribution in [0, 0.1) is 5.92 Å². The summed E-state index contributed by atoms with van der Waals surface area (Å²) in [5, 5.41) is 0. The van der Waals surface area contributed by atoms with Crippen LogP contribution in [0.25, 0.3) is 22.6 Å². The van der Waals surface area contributed by atoms with Crippen LogP contribution in [0.2, 0.25) is 0 Å². The molecule has 1 aromatic carbocycles. The smallest absolute Gasteiger partial charge is 0.328 e. The van der Waals surface area contributed by atoms with E-state index in [0.29, 0.717) is 23.8 Å². The number of nitrogens with one attached hydrogen (secondary N) is 1. The maximum absolute atomic E-state index is 12.0. The number of methoxy groups -OCH3 is 1. The third-order valence-electron chi connectivity index (χ3n) is 3.41. The number of ether oxygens (including phenoxy) is 1. The summed E-state index contributed by atoms with van der Waals surface area (Å²) in [4.78, 5) is 23.7. The molecule has 2 aromatic heterocycles. The van der Waals surface area contributed by atoms with E-state index in [4.69, 9.17) is 4.74 Å². The molecule has 1 N–H and O–H groups in total. The molecule has 0 atom stereocenters. The van der Waals surface area contributed by atoms with E-state index in [-0.39, 0.29) is 5.69 Å². The Kier molecular flexibility index (Phi) is 3.66. The second-order valence-electron chi connectivity index (χ2n) is 5.59. The van der Waals surface area contributed by atoms with Gasteiger partial charge in [-0.2, -0.15) is 0 Å². The number of fused-ring (bicyclic) bond motifs is 1. The van der Waals surface area contributed by atoms with Gasteiger partial charge in [0.2, 0.25) is 0 Å². The summed E-state index contributed by atoms with van der Waals surface area (Å²) >= 11 is 0. The maximum atomic E-state index is 12.0. The Hall–Kier alpha value is -2.63. The van der Waals surface area contributed by atoms with Gasteiger partial charge in [-0.1, -0.05) is 13.8 Å². The fourth-order valence-electron chi connectivity index (χ4n) is 2.36. The average Bonchev–Trinajstić information content (AvgIpc) is 2.82. The highest BCUT2D eigenvalue weighted by molar-refractivity contribution is 5.71. The molecule has 3 rings (SSSR count). The van der Waals surface area contributed by atoms with Crippen molar-refractivity contribution < 1.29 is 4.74 Å². The molecule has 0 saturated heterocycles. The van der Waals surface area contributed by atoms with Crippen molar-refractivity contribution >= 4 is 11.3 Å². The van der Waals surface area contributed by atoms with E-state index in [1.807, 2.05) is 24.3 Å². The second kappa shape index (κ2) is 5.63. The van der Waals surface area contributed by atoms with E-state index in [0.717, 1.165) is 17.0 Å². The molecule has 3 aromatic rings. The molecule has 0 unspecified atom stereocenters. The zero-order valence-electron chi connectivity index (χ0n) is 12.8. The average molecular weight is 298 g/mol. The topological polar surface area (TPSA) is 72.8 Å². The van der Waals surface area contributed by atoms with Gasteiger partial charge in [-0.3, -0.25) is 9.55 Å². The molecular weight excluding hydrogens is 280 g/mol. The maximum Gasteiger partial charge on any atom is 0.328 e. The van der Waals surface area contributed by atoms with Crippen molar-refractivity contribution in [1.29, 1.82) is 0 Å².